The lowest BCUT2D eigenvalue weighted by Crippen LogP contribution is -2.43. The summed E-state index contributed by atoms with van der Waals surface area (Å²) < 4.78 is 5.47. The molecule has 2 saturated carbocycles. The number of carbonyl (C=O) groups excluding carboxylic acids is 1. The molecule has 1 N–H and O–H groups in total. The minimum Gasteiger partial charge on any atom is -0.508 e. The van der Waals surface area contributed by atoms with Crippen LogP contribution in [0.4, 0.5) is 0 Å². The summed E-state index contributed by atoms with van der Waals surface area (Å²) in [6.45, 7) is 2.90. The highest BCUT2D eigenvalue weighted by Gasteiger charge is 2.55. The van der Waals surface area contributed by atoms with E-state index in [1.165, 1.54) is 11.1 Å². The van der Waals surface area contributed by atoms with E-state index in [1.807, 2.05) is 12.1 Å². The first-order valence-corrected chi connectivity index (χ1v) is 8.89. The van der Waals surface area contributed by atoms with Gasteiger partial charge in [-0.2, -0.15) is 0 Å². The van der Waals surface area contributed by atoms with Crippen molar-refractivity contribution in [2.75, 3.05) is 13.7 Å². The first-order chi connectivity index (χ1) is 11.0. The van der Waals surface area contributed by atoms with Gasteiger partial charge in [0, 0.05) is 24.9 Å². The third-order valence-corrected chi connectivity index (χ3v) is 6.98. The maximum Gasteiger partial charge on any atom is 0.139 e. The Hall–Kier alpha value is -1.35. The van der Waals surface area contributed by atoms with Crippen molar-refractivity contribution in [3.63, 3.8) is 0 Å². The van der Waals surface area contributed by atoms with Crippen molar-refractivity contribution < 1.29 is 14.6 Å². The van der Waals surface area contributed by atoms with Crippen molar-refractivity contribution in [1.82, 2.24) is 0 Å². The molecule has 3 aliphatic rings. The van der Waals surface area contributed by atoms with Crippen molar-refractivity contribution in [2.24, 2.45) is 17.3 Å². The van der Waals surface area contributed by atoms with Crippen LogP contribution in [0.5, 0.6) is 5.75 Å². The van der Waals surface area contributed by atoms with E-state index < -0.39 is 0 Å². The van der Waals surface area contributed by atoms with Crippen LogP contribution in [-0.4, -0.2) is 24.6 Å². The number of aromatic hydroxyl groups is 1. The molecule has 5 atom stereocenters. The Bertz CT molecular complexity index is 638. The van der Waals surface area contributed by atoms with Crippen molar-refractivity contribution in [3.8, 4) is 5.75 Å². The normalized spacial score (nSPS) is 38.8. The number of rotatable bonds is 2. The summed E-state index contributed by atoms with van der Waals surface area (Å²) in [6, 6.07) is 5.87. The van der Waals surface area contributed by atoms with Crippen molar-refractivity contribution in [3.05, 3.63) is 29.3 Å². The van der Waals surface area contributed by atoms with Gasteiger partial charge >= 0.3 is 0 Å². The molecule has 0 bridgehead atoms. The number of ketones is 1. The molecule has 0 amide bonds. The average molecular weight is 314 g/mol. The molecule has 1 aromatic rings. The Labute approximate surface area is 138 Å². The number of hydrogen-bond donors (Lipinski definition) is 1. The molecule has 0 radical (unpaired) electrons. The van der Waals surface area contributed by atoms with Gasteiger partial charge in [0.15, 0.2) is 0 Å². The molecule has 4 unspecified atom stereocenters. The van der Waals surface area contributed by atoms with Gasteiger partial charge in [-0.1, -0.05) is 13.0 Å². The number of hydrogen-bond acceptors (Lipinski definition) is 3. The zero-order valence-electron chi connectivity index (χ0n) is 14.0. The molecule has 3 aliphatic carbocycles. The SMILES string of the molecule is COCC1CC2C(CC[C@]3(C)C(=O)CCC23)c2ccc(O)cc21. The largest absolute Gasteiger partial charge is 0.508 e. The zero-order chi connectivity index (χ0) is 16.2. The van der Waals surface area contributed by atoms with Gasteiger partial charge in [0.2, 0.25) is 0 Å². The second-order valence-electron chi connectivity index (χ2n) is 8.00. The molecule has 1 aromatic carbocycles. The highest BCUT2D eigenvalue weighted by molar-refractivity contribution is 5.87. The summed E-state index contributed by atoms with van der Waals surface area (Å²) in [5, 5.41) is 9.91. The smallest absolute Gasteiger partial charge is 0.139 e. The van der Waals surface area contributed by atoms with Crippen LogP contribution >= 0.6 is 0 Å². The van der Waals surface area contributed by atoms with Crippen LogP contribution in [0.3, 0.4) is 0 Å². The van der Waals surface area contributed by atoms with Crippen LogP contribution in [0.2, 0.25) is 0 Å². The summed E-state index contributed by atoms with van der Waals surface area (Å²) in [4.78, 5) is 12.4. The zero-order valence-corrected chi connectivity index (χ0v) is 14.0. The van der Waals surface area contributed by atoms with Crippen LogP contribution in [0.15, 0.2) is 18.2 Å². The molecule has 124 valence electrons. The lowest BCUT2D eigenvalue weighted by atomic mass is 9.54. The van der Waals surface area contributed by atoms with Crippen LogP contribution < -0.4 is 0 Å². The number of fused-ring (bicyclic) bond motifs is 5. The predicted molar refractivity (Wildman–Crippen MR) is 88.6 cm³/mol. The van der Waals surface area contributed by atoms with Crippen LogP contribution in [0.25, 0.3) is 0 Å². The monoisotopic (exact) mass is 314 g/mol. The number of carbonyl (C=O) groups is 1. The molecular formula is C20H26O3. The van der Waals surface area contributed by atoms with Gasteiger partial charge in [-0.15, -0.1) is 0 Å². The van der Waals surface area contributed by atoms with Crippen molar-refractivity contribution in [1.29, 1.82) is 0 Å². The van der Waals surface area contributed by atoms with Crippen LogP contribution in [-0.2, 0) is 9.53 Å². The van der Waals surface area contributed by atoms with E-state index in [4.69, 9.17) is 4.74 Å². The molecule has 23 heavy (non-hydrogen) atoms. The summed E-state index contributed by atoms with van der Waals surface area (Å²) in [5.74, 6) is 2.82. The Balaban J connectivity index is 1.76. The van der Waals surface area contributed by atoms with E-state index in [2.05, 4.69) is 13.0 Å². The Morgan fingerprint density at radius 3 is 2.91 bits per heavy atom. The van der Waals surface area contributed by atoms with Gasteiger partial charge in [-0.3, -0.25) is 4.79 Å². The second-order valence-corrected chi connectivity index (χ2v) is 8.00. The molecule has 4 rings (SSSR count). The summed E-state index contributed by atoms with van der Waals surface area (Å²) in [6.07, 6.45) is 5.03. The van der Waals surface area contributed by atoms with Gasteiger partial charge in [-0.05, 0) is 66.7 Å². The highest BCUT2D eigenvalue weighted by Crippen LogP contribution is 2.61. The van der Waals surface area contributed by atoms with Gasteiger partial charge < -0.3 is 9.84 Å². The minimum atomic E-state index is -0.0901. The van der Waals surface area contributed by atoms with E-state index >= 15 is 0 Å². The minimum absolute atomic E-state index is 0.0901. The number of ether oxygens (including phenoxy) is 1. The Morgan fingerprint density at radius 2 is 2.13 bits per heavy atom. The third kappa shape index (κ3) is 2.16. The fourth-order valence-electron chi connectivity index (χ4n) is 5.84. The average Bonchev–Trinajstić information content (AvgIpc) is 2.83. The highest BCUT2D eigenvalue weighted by atomic mass is 16.5. The Morgan fingerprint density at radius 1 is 1.30 bits per heavy atom. The molecule has 0 heterocycles. The third-order valence-electron chi connectivity index (χ3n) is 6.98. The molecule has 3 nitrogen and oxygen atoms in total. The lowest BCUT2D eigenvalue weighted by molar-refractivity contribution is -0.129. The number of phenols is 1. The molecule has 0 saturated heterocycles. The van der Waals surface area contributed by atoms with Gasteiger partial charge in [-0.25, -0.2) is 0 Å². The van der Waals surface area contributed by atoms with E-state index in [1.54, 1.807) is 7.11 Å². The fraction of sp³-hybridized carbons (Fsp3) is 0.650. The van der Waals surface area contributed by atoms with Gasteiger partial charge in [0.25, 0.3) is 0 Å². The maximum absolute atomic E-state index is 12.4. The predicted octanol–water partition coefficient (Wildman–Crippen LogP) is 4.00. The van der Waals surface area contributed by atoms with E-state index in [-0.39, 0.29) is 5.41 Å². The molecule has 0 aliphatic heterocycles. The first-order valence-electron chi connectivity index (χ1n) is 8.89. The van der Waals surface area contributed by atoms with E-state index in [0.717, 1.165) is 32.1 Å². The summed E-state index contributed by atoms with van der Waals surface area (Å²) in [5.41, 5.74) is 2.57. The van der Waals surface area contributed by atoms with Crippen LogP contribution in [0.1, 0.15) is 62.0 Å². The molecular weight excluding hydrogens is 288 g/mol. The molecule has 2 fully saturated rings. The second kappa shape index (κ2) is 5.34. The Kier molecular flexibility index (Phi) is 3.53. The van der Waals surface area contributed by atoms with E-state index in [9.17, 15) is 9.90 Å². The molecule has 0 aromatic heterocycles. The number of benzene rings is 1. The number of Topliss-reactive ketones (excluding diaryl/α,β-unsaturated/α-hetero) is 1. The van der Waals surface area contributed by atoms with Gasteiger partial charge in [0.05, 0.1) is 6.61 Å². The quantitative estimate of drug-likeness (QED) is 0.897. The number of phenolic OH excluding ortho intramolecular Hbond substituents is 1. The van der Waals surface area contributed by atoms with E-state index in [0.29, 0.717) is 41.8 Å². The van der Waals surface area contributed by atoms with Crippen molar-refractivity contribution >= 4 is 5.78 Å². The van der Waals surface area contributed by atoms with Crippen molar-refractivity contribution in [2.45, 2.75) is 50.9 Å². The topological polar surface area (TPSA) is 46.5 Å². The molecule has 0 spiro atoms. The lowest BCUT2D eigenvalue weighted by Gasteiger charge is -2.50. The maximum atomic E-state index is 12.4. The van der Waals surface area contributed by atoms with Crippen LogP contribution in [0, 0.1) is 17.3 Å². The van der Waals surface area contributed by atoms with Gasteiger partial charge in [0.1, 0.15) is 11.5 Å². The molecule has 3 heteroatoms. The number of methoxy groups -OCH3 is 1. The summed E-state index contributed by atoms with van der Waals surface area (Å²) >= 11 is 0. The fourth-order valence-corrected chi connectivity index (χ4v) is 5.84. The standard InChI is InChI=1S/C20H26O3/c1-20-8-7-15-14-4-3-13(21)10-16(14)12(11-23-2)9-17(15)18(20)5-6-19(20)22/h3-4,10,12,15,17-18,21H,5-9,11H2,1-2H3/t12?,15?,17?,18?,20-/m0/s1. The first kappa shape index (κ1) is 15.2. The summed E-state index contributed by atoms with van der Waals surface area (Å²) in [7, 11) is 1.75.